The van der Waals surface area contributed by atoms with Crippen molar-refractivity contribution in [1.82, 2.24) is 10.2 Å². The largest absolute Gasteiger partial charge is 0.459 e. The molecule has 1 atom stereocenters. The zero-order valence-electron chi connectivity index (χ0n) is 9.38. The van der Waals surface area contributed by atoms with Crippen molar-refractivity contribution in [2.75, 3.05) is 0 Å². The van der Waals surface area contributed by atoms with Crippen molar-refractivity contribution in [3.8, 4) is 11.7 Å². The number of rotatable bonds is 4. The fraction of sp³-hybridized carbons (Fsp3) is 0.455. The number of nitrogens with zero attached hydrogens (tertiary/aromatic N) is 2. The number of hydrogen-bond acceptors (Lipinski definition) is 5. The summed E-state index contributed by atoms with van der Waals surface area (Å²) in [5, 5.41) is 7.82. The maximum atomic E-state index is 5.94. The molecule has 0 aliphatic heterocycles. The third-order valence-corrected chi connectivity index (χ3v) is 2.22. The lowest BCUT2D eigenvalue weighted by molar-refractivity contribution is 0.402. The maximum Gasteiger partial charge on any atom is 0.283 e. The number of aromatic nitrogens is 2. The van der Waals surface area contributed by atoms with Gasteiger partial charge in [0.2, 0.25) is 5.89 Å². The number of nitrogens with two attached hydrogens (primary N) is 1. The van der Waals surface area contributed by atoms with Gasteiger partial charge in [0.1, 0.15) is 0 Å². The summed E-state index contributed by atoms with van der Waals surface area (Å²) in [6, 6.07) is 3.33. The van der Waals surface area contributed by atoms with Crippen molar-refractivity contribution in [2.45, 2.75) is 26.3 Å². The van der Waals surface area contributed by atoms with Gasteiger partial charge < -0.3 is 14.6 Å². The van der Waals surface area contributed by atoms with Gasteiger partial charge in [0.15, 0.2) is 5.76 Å². The van der Waals surface area contributed by atoms with E-state index in [0.29, 0.717) is 23.5 Å². The Kier molecular flexibility index (Phi) is 3.05. The summed E-state index contributed by atoms with van der Waals surface area (Å²) in [7, 11) is 0. The van der Waals surface area contributed by atoms with Gasteiger partial charge in [0.25, 0.3) is 5.89 Å². The Morgan fingerprint density at radius 3 is 2.81 bits per heavy atom. The van der Waals surface area contributed by atoms with Gasteiger partial charge in [0, 0.05) is 0 Å². The van der Waals surface area contributed by atoms with E-state index in [2.05, 4.69) is 24.0 Å². The van der Waals surface area contributed by atoms with Gasteiger partial charge in [-0.1, -0.05) is 13.8 Å². The van der Waals surface area contributed by atoms with Crippen LogP contribution in [-0.2, 0) is 0 Å². The first-order valence-electron chi connectivity index (χ1n) is 5.29. The molecule has 86 valence electrons. The number of furan rings is 1. The summed E-state index contributed by atoms with van der Waals surface area (Å²) in [5.74, 6) is 1.89. The summed E-state index contributed by atoms with van der Waals surface area (Å²) in [6.07, 6.45) is 2.38. The van der Waals surface area contributed by atoms with E-state index in [9.17, 15) is 0 Å². The molecule has 0 aliphatic rings. The first-order valence-corrected chi connectivity index (χ1v) is 5.29. The molecule has 2 aromatic rings. The van der Waals surface area contributed by atoms with Crippen LogP contribution < -0.4 is 5.73 Å². The third kappa shape index (κ3) is 2.30. The van der Waals surface area contributed by atoms with Crippen LogP contribution in [0.25, 0.3) is 11.7 Å². The molecule has 0 fully saturated rings. The molecule has 0 amide bonds. The Labute approximate surface area is 93.6 Å². The molecular formula is C11H15N3O2. The minimum absolute atomic E-state index is 0.212. The van der Waals surface area contributed by atoms with Crippen LogP contribution in [0.5, 0.6) is 0 Å². The normalized spacial score (nSPS) is 13.2. The Balaban J connectivity index is 2.13. The lowest BCUT2D eigenvalue weighted by Gasteiger charge is -2.08. The first kappa shape index (κ1) is 10.9. The second-order valence-electron chi connectivity index (χ2n) is 4.16. The fourth-order valence-electron chi connectivity index (χ4n) is 1.49. The molecule has 2 aromatic heterocycles. The summed E-state index contributed by atoms with van der Waals surface area (Å²) >= 11 is 0. The quantitative estimate of drug-likeness (QED) is 0.857. The molecule has 1 unspecified atom stereocenters. The van der Waals surface area contributed by atoms with Gasteiger partial charge in [-0.05, 0) is 24.5 Å². The Bertz CT molecular complexity index is 434. The first-order chi connectivity index (χ1) is 7.66. The average molecular weight is 221 g/mol. The molecule has 0 aromatic carbocycles. The molecule has 0 bridgehead atoms. The molecule has 2 N–H and O–H groups in total. The number of hydrogen-bond donors (Lipinski definition) is 1. The van der Waals surface area contributed by atoms with Crippen LogP contribution in [0.3, 0.4) is 0 Å². The lowest BCUT2D eigenvalue weighted by Crippen LogP contribution is -2.13. The second kappa shape index (κ2) is 4.49. The van der Waals surface area contributed by atoms with Crippen LogP contribution in [0, 0.1) is 5.92 Å². The molecule has 5 heteroatoms. The SMILES string of the molecule is CC(C)CC(N)c1nnc(-c2ccco2)o1. The zero-order chi connectivity index (χ0) is 11.5. The third-order valence-electron chi connectivity index (χ3n) is 2.22. The zero-order valence-corrected chi connectivity index (χ0v) is 9.38. The predicted molar refractivity (Wildman–Crippen MR) is 58.4 cm³/mol. The molecule has 0 saturated carbocycles. The minimum Gasteiger partial charge on any atom is -0.459 e. The van der Waals surface area contributed by atoms with Crippen LogP contribution in [0.2, 0.25) is 0 Å². The van der Waals surface area contributed by atoms with E-state index in [1.807, 2.05) is 0 Å². The highest BCUT2D eigenvalue weighted by Crippen LogP contribution is 2.22. The van der Waals surface area contributed by atoms with Crippen LogP contribution in [-0.4, -0.2) is 10.2 Å². The molecule has 0 radical (unpaired) electrons. The van der Waals surface area contributed by atoms with Crippen LogP contribution >= 0.6 is 0 Å². The highest BCUT2D eigenvalue weighted by molar-refractivity contribution is 5.42. The molecular weight excluding hydrogens is 206 g/mol. The average Bonchev–Trinajstić information content (AvgIpc) is 2.87. The van der Waals surface area contributed by atoms with Crippen molar-refractivity contribution in [3.05, 3.63) is 24.3 Å². The predicted octanol–water partition coefficient (Wildman–Crippen LogP) is 2.38. The van der Waals surface area contributed by atoms with E-state index < -0.39 is 0 Å². The van der Waals surface area contributed by atoms with Gasteiger partial charge >= 0.3 is 0 Å². The smallest absolute Gasteiger partial charge is 0.283 e. The monoisotopic (exact) mass is 221 g/mol. The molecule has 5 nitrogen and oxygen atoms in total. The minimum atomic E-state index is -0.212. The van der Waals surface area contributed by atoms with Gasteiger partial charge in [0.05, 0.1) is 12.3 Å². The van der Waals surface area contributed by atoms with E-state index in [0.717, 1.165) is 6.42 Å². The van der Waals surface area contributed by atoms with E-state index >= 15 is 0 Å². The van der Waals surface area contributed by atoms with Crippen molar-refractivity contribution in [1.29, 1.82) is 0 Å². The van der Waals surface area contributed by atoms with Gasteiger partial charge in [-0.2, -0.15) is 0 Å². The van der Waals surface area contributed by atoms with E-state index in [4.69, 9.17) is 14.6 Å². The second-order valence-corrected chi connectivity index (χ2v) is 4.16. The highest BCUT2D eigenvalue weighted by atomic mass is 16.4. The molecule has 2 heterocycles. The van der Waals surface area contributed by atoms with Crippen LogP contribution in [0.1, 0.15) is 32.2 Å². The van der Waals surface area contributed by atoms with Crippen molar-refractivity contribution >= 4 is 0 Å². The molecule has 16 heavy (non-hydrogen) atoms. The van der Waals surface area contributed by atoms with Crippen molar-refractivity contribution in [3.63, 3.8) is 0 Å². The molecule has 2 rings (SSSR count). The Morgan fingerprint density at radius 1 is 1.38 bits per heavy atom. The van der Waals surface area contributed by atoms with Gasteiger partial charge in [-0.3, -0.25) is 0 Å². The topological polar surface area (TPSA) is 78.1 Å². The molecule has 0 spiro atoms. The molecule has 0 aliphatic carbocycles. The van der Waals surface area contributed by atoms with Crippen LogP contribution in [0.4, 0.5) is 0 Å². The Morgan fingerprint density at radius 2 is 2.19 bits per heavy atom. The van der Waals surface area contributed by atoms with E-state index in [1.165, 1.54) is 0 Å². The van der Waals surface area contributed by atoms with E-state index in [-0.39, 0.29) is 6.04 Å². The Hall–Kier alpha value is -1.62. The summed E-state index contributed by atoms with van der Waals surface area (Å²) < 4.78 is 10.6. The fourth-order valence-corrected chi connectivity index (χ4v) is 1.49. The van der Waals surface area contributed by atoms with Crippen molar-refractivity contribution in [2.24, 2.45) is 11.7 Å². The summed E-state index contributed by atoms with van der Waals surface area (Å²) in [5.41, 5.74) is 5.94. The summed E-state index contributed by atoms with van der Waals surface area (Å²) in [6.45, 7) is 4.20. The van der Waals surface area contributed by atoms with E-state index in [1.54, 1.807) is 18.4 Å². The van der Waals surface area contributed by atoms with Crippen molar-refractivity contribution < 1.29 is 8.83 Å². The maximum absolute atomic E-state index is 5.94. The lowest BCUT2D eigenvalue weighted by atomic mass is 10.1. The van der Waals surface area contributed by atoms with Gasteiger partial charge in [-0.15, -0.1) is 10.2 Å². The summed E-state index contributed by atoms with van der Waals surface area (Å²) in [4.78, 5) is 0. The van der Waals surface area contributed by atoms with Crippen LogP contribution in [0.15, 0.2) is 27.2 Å². The molecule has 0 saturated heterocycles. The highest BCUT2D eigenvalue weighted by Gasteiger charge is 2.17. The van der Waals surface area contributed by atoms with Gasteiger partial charge in [-0.25, -0.2) is 0 Å². The standard InChI is InChI=1S/C11H15N3O2/c1-7(2)6-8(12)10-13-14-11(16-10)9-4-3-5-15-9/h3-5,7-8H,6,12H2,1-2H3.